The molecule has 3 aromatic rings. The van der Waals surface area contributed by atoms with Crippen LogP contribution >= 0.6 is 0 Å². The van der Waals surface area contributed by atoms with Crippen LogP contribution in [0.1, 0.15) is 5.69 Å². The van der Waals surface area contributed by atoms with Crippen molar-refractivity contribution < 1.29 is 14.5 Å². The van der Waals surface area contributed by atoms with Crippen molar-refractivity contribution in [2.75, 3.05) is 18.5 Å². The number of pyridine rings is 1. The molecular weight excluding hydrogens is 276 g/mol. The Hall–Kier alpha value is -2.75. The van der Waals surface area contributed by atoms with Gasteiger partial charge >= 0.3 is 0 Å². The van der Waals surface area contributed by atoms with Crippen molar-refractivity contribution >= 4 is 22.3 Å². The quantitative estimate of drug-likeness (QED) is 0.786. The maximum atomic E-state index is 5.64. The number of aromatic nitrogens is 1. The lowest BCUT2D eigenvalue weighted by Crippen LogP contribution is -2.15. The van der Waals surface area contributed by atoms with Crippen molar-refractivity contribution in [3.63, 3.8) is 0 Å². The topological polar surface area (TPSA) is 44.6 Å². The van der Waals surface area contributed by atoms with Crippen LogP contribution < -0.4 is 19.8 Å². The third-order valence-electron chi connectivity index (χ3n) is 3.73. The van der Waals surface area contributed by atoms with Crippen molar-refractivity contribution in [2.45, 2.75) is 6.92 Å². The van der Waals surface area contributed by atoms with Gasteiger partial charge in [0.05, 0.1) is 11.1 Å². The Labute approximate surface area is 128 Å². The van der Waals surface area contributed by atoms with Crippen LogP contribution in [-0.2, 0) is 0 Å². The lowest BCUT2D eigenvalue weighted by Gasteiger charge is -2.19. The predicted octanol–water partition coefficient (Wildman–Crippen LogP) is 3.48. The Balaban J connectivity index is 1.74. The fourth-order valence-corrected chi connectivity index (χ4v) is 2.75. The van der Waals surface area contributed by atoms with Gasteiger partial charge in [-0.15, -0.1) is 0 Å². The number of benzene rings is 2. The minimum absolute atomic E-state index is 0.596. The van der Waals surface area contributed by atoms with Crippen LogP contribution in [0.15, 0.2) is 48.5 Å². The highest BCUT2D eigenvalue weighted by molar-refractivity contribution is 5.91. The number of aromatic amines is 1. The highest BCUT2D eigenvalue weighted by atomic mass is 16.6. The van der Waals surface area contributed by atoms with E-state index in [1.54, 1.807) is 0 Å². The molecule has 4 rings (SSSR count). The molecule has 2 aromatic carbocycles. The molecule has 110 valence electrons. The predicted molar refractivity (Wildman–Crippen MR) is 86.0 cm³/mol. The first-order valence-corrected chi connectivity index (χ1v) is 7.38. The van der Waals surface area contributed by atoms with E-state index in [0.29, 0.717) is 13.2 Å². The number of fused-ring (bicyclic) bond motifs is 2. The van der Waals surface area contributed by atoms with Crippen molar-refractivity contribution in [1.29, 1.82) is 0 Å². The second-order valence-corrected chi connectivity index (χ2v) is 5.40. The van der Waals surface area contributed by atoms with E-state index in [4.69, 9.17) is 9.47 Å². The van der Waals surface area contributed by atoms with E-state index >= 15 is 0 Å². The SMILES string of the molecule is Cc1cc(Nc2ccc3c(c2)OCCO3)c2ccccc2[nH+]1. The molecule has 1 aliphatic rings. The molecule has 0 saturated carbocycles. The summed E-state index contributed by atoms with van der Waals surface area (Å²) in [6.45, 7) is 3.26. The third kappa shape index (κ3) is 2.33. The lowest BCUT2D eigenvalue weighted by atomic mass is 10.1. The van der Waals surface area contributed by atoms with Gasteiger partial charge in [0.2, 0.25) is 5.52 Å². The monoisotopic (exact) mass is 293 g/mol. The van der Waals surface area contributed by atoms with E-state index in [9.17, 15) is 0 Å². The largest absolute Gasteiger partial charge is 0.486 e. The molecule has 0 spiro atoms. The Morgan fingerprint density at radius 2 is 1.77 bits per heavy atom. The number of ether oxygens (including phenoxy) is 2. The van der Waals surface area contributed by atoms with Gasteiger partial charge in [-0.2, -0.15) is 0 Å². The average Bonchev–Trinajstić information content (AvgIpc) is 2.54. The molecule has 1 aliphatic heterocycles. The van der Waals surface area contributed by atoms with Crippen molar-refractivity contribution in [1.82, 2.24) is 0 Å². The summed E-state index contributed by atoms with van der Waals surface area (Å²) in [5, 5.41) is 4.64. The van der Waals surface area contributed by atoms with Gasteiger partial charge in [0.15, 0.2) is 17.2 Å². The number of hydrogen-bond acceptors (Lipinski definition) is 3. The number of nitrogens with one attached hydrogen (secondary N) is 2. The smallest absolute Gasteiger partial charge is 0.213 e. The highest BCUT2D eigenvalue weighted by Gasteiger charge is 2.13. The molecule has 0 fully saturated rings. The highest BCUT2D eigenvalue weighted by Crippen LogP contribution is 2.34. The molecule has 2 N–H and O–H groups in total. The molecule has 0 aliphatic carbocycles. The van der Waals surface area contributed by atoms with Crippen molar-refractivity contribution in [3.05, 3.63) is 54.2 Å². The van der Waals surface area contributed by atoms with Gasteiger partial charge in [-0.25, -0.2) is 4.98 Å². The molecule has 2 heterocycles. The molecule has 4 nitrogen and oxygen atoms in total. The number of H-pyrrole nitrogens is 1. The zero-order valence-electron chi connectivity index (χ0n) is 12.3. The van der Waals surface area contributed by atoms with Crippen LogP contribution in [-0.4, -0.2) is 13.2 Å². The van der Waals surface area contributed by atoms with Crippen LogP contribution in [0.3, 0.4) is 0 Å². The van der Waals surface area contributed by atoms with E-state index in [0.717, 1.165) is 39.5 Å². The normalized spacial score (nSPS) is 13.1. The van der Waals surface area contributed by atoms with Gasteiger partial charge in [0.1, 0.15) is 13.2 Å². The standard InChI is InChI=1S/C18H16N2O2/c1-12-10-16(14-4-2-3-5-15(14)19-12)20-13-6-7-17-18(11-13)22-9-8-21-17/h2-7,10-11H,8-9H2,1H3,(H,19,20)/p+1. The summed E-state index contributed by atoms with van der Waals surface area (Å²) < 4.78 is 11.2. The fraction of sp³-hybridized carbons (Fsp3) is 0.167. The van der Waals surface area contributed by atoms with Gasteiger partial charge in [0.25, 0.3) is 0 Å². The number of rotatable bonds is 2. The summed E-state index contributed by atoms with van der Waals surface area (Å²) in [7, 11) is 0. The van der Waals surface area contributed by atoms with E-state index in [1.165, 1.54) is 0 Å². The minimum atomic E-state index is 0.596. The van der Waals surface area contributed by atoms with Crippen molar-refractivity contribution in [3.8, 4) is 11.5 Å². The number of anilines is 2. The number of hydrogen-bond donors (Lipinski definition) is 1. The van der Waals surface area contributed by atoms with Gasteiger partial charge in [-0.3, -0.25) is 0 Å². The maximum Gasteiger partial charge on any atom is 0.213 e. The van der Waals surface area contributed by atoms with Gasteiger partial charge < -0.3 is 14.8 Å². The van der Waals surface area contributed by atoms with Crippen molar-refractivity contribution in [2.24, 2.45) is 0 Å². The van der Waals surface area contributed by atoms with Crippen LogP contribution in [0.5, 0.6) is 11.5 Å². The second kappa shape index (κ2) is 5.22. The van der Waals surface area contributed by atoms with Crippen LogP contribution in [0.2, 0.25) is 0 Å². The summed E-state index contributed by atoms with van der Waals surface area (Å²) >= 11 is 0. The molecule has 4 heteroatoms. The van der Waals surface area contributed by atoms with E-state index in [2.05, 4.69) is 35.4 Å². The molecule has 0 radical (unpaired) electrons. The molecular formula is C18H17N2O2+. The summed E-state index contributed by atoms with van der Waals surface area (Å²) in [6.07, 6.45) is 0. The summed E-state index contributed by atoms with van der Waals surface area (Å²) in [6, 6.07) is 16.3. The van der Waals surface area contributed by atoms with E-state index in [1.807, 2.05) is 30.3 Å². The van der Waals surface area contributed by atoms with E-state index in [-0.39, 0.29) is 0 Å². The molecule has 0 amide bonds. The first-order chi connectivity index (χ1) is 10.8. The molecule has 0 saturated heterocycles. The second-order valence-electron chi connectivity index (χ2n) is 5.40. The third-order valence-corrected chi connectivity index (χ3v) is 3.73. The minimum Gasteiger partial charge on any atom is -0.486 e. The van der Waals surface area contributed by atoms with Crippen LogP contribution in [0.4, 0.5) is 11.4 Å². The Bertz CT molecular complexity index is 846. The zero-order valence-corrected chi connectivity index (χ0v) is 12.3. The van der Waals surface area contributed by atoms with E-state index < -0.39 is 0 Å². The number of aryl methyl sites for hydroxylation is 1. The molecule has 0 bridgehead atoms. The lowest BCUT2D eigenvalue weighted by molar-refractivity contribution is -0.354. The Kier molecular flexibility index (Phi) is 3.07. The van der Waals surface area contributed by atoms with Crippen LogP contribution in [0.25, 0.3) is 10.9 Å². The first kappa shape index (κ1) is 13.0. The summed E-state index contributed by atoms with van der Waals surface area (Å²) in [5.41, 5.74) is 4.28. The Morgan fingerprint density at radius 1 is 0.955 bits per heavy atom. The molecule has 0 unspecified atom stereocenters. The number of para-hydroxylation sites is 1. The van der Waals surface area contributed by atoms with Gasteiger partial charge in [-0.05, 0) is 18.2 Å². The fourth-order valence-electron chi connectivity index (χ4n) is 2.75. The molecule has 1 aromatic heterocycles. The maximum absolute atomic E-state index is 5.64. The zero-order chi connectivity index (χ0) is 14.9. The van der Waals surface area contributed by atoms with Gasteiger partial charge in [0, 0.05) is 30.8 Å². The van der Waals surface area contributed by atoms with Crippen LogP contribution in [0, 0.1) is 6.92 Å². The first-order valence-electron chi connectivity index (χ1n) is 7.38. The van der Waals surface area contributed by atoms with Gasteiger partial charge in [-0.1, -0.05) is 12.1 Å². The molecule has 22 heavy (non-hydrogen) atoms. The average molecular weight is 293 g/mol. The Morgan fingerprint density at radius 3 is 2.68 bits per heavy atom. The summed E-state index contributed by atoms with van der Waals surface area (Å²) in [5.74, 6) is 1.60. The molecule has 0 atom stereocenters. The summed E-state index contributed by atoms with van der Waals surface area (Å²) in [4.78, 5) is 3.38.